The van der Waals surface area contributed by atoms with E-state index < -0.39 is 15.1 Å². The number of nitrogens with two attached hydrogens (primary N) is 1. The summed E-state index contributed by atoms with van der Waals surface area (Å²) in [5.74, 6) is 0. The van der Waals surface area contributed by atoms with E-state index in [-0.39, 0.29) is 4.90 Å². The van der Waals surface area contributed by atoms with Crippen molar-refractivity contribution in [1.29, 1.82) is 0 Å². The van der Waals surface area contributed by atoms with Gasteiger partial charge >= 0.3 is 0 Å². The molecule has 0 amide bonds. The molecule has 1 aromatic carbocycles. The van der Waals surface area contributed by atoms with Gasteiger partial charge in [0.2, 0.25) is 0 Å². The lowest BCUT2D eigenvalue weighted by Crippen LogP contribution is -2.14. The first-order valence-corrected chi connectivity index (χ1v) is 6.48. The summed E-state index contributed by atoms with van der Waals surface area (Å²) in [5.41, 5.74) is 6.04. The van der Waals surface area contributed by atoms with Gasteiger partial charge in [-0.25, -0.2) is 8.42 Å². The van der Waals surface area contributed by atoms with E-state index in [9.17, 15) is 8.42 Å². The van der Waals surface area contributed by atoms with Crippen molar-refractivity contribution in [3.8, 4) is 0 Å². The zero-order chi connectivity index (χ0) is 10.9. The molecule has 0 bridgehead atoms. The van der Waals surface area contributed by atoms with Crippen LogP contribution in [-0.4, -0.2) is 13.7 Å². The topological polar surface area (TPSA) is 60.2 Å². The van der Waals surface area contributed by atoms with Gasteiger partial charge in [-0.2, -0.15) is 0 Å². The molecule has 0 spiro atoms. The summed E-state index contributed by atoms with van der Waals surface area (Å²) in [7, 11) is -3.22. The monoisotopic (exact) mass is 277 g/mol. The van der Waals surface area contributed by atoms with Crippen LogP contribution in [0.2, 0.25) is 0 Å². The molecule has 0 saturated heterocycles. The molecule has 78 valence electrons. The second kappa shape index (κ2) is 3.90. The predicted octanol–water partition coefficient (Wildman–Crippen LogP) is 2.21. The molecule has 5 heteroatoms. The Kier molecular flexibility index (Phi) is 3.21. The van der Waals surface area contributed by atoms with E-state index in [1.54, 1.807) is 26.0 Å². The van der Waals surface area contributed by atoms with Crippen LogP contribution in [0.15, 0.2) is 27.6 Å². The first kappa shape index (κ1) is 11.5. The van der Waals surface area contributed by atoms with Gasteiger partial charge in [-0.1, -0.05) is 0 Å². The number of hydrogen-bond acceptors (Lipinski definition) is 3. The molecule has 1 rings (SSSR count). The summed E-state index contributed by atoms with van der Waals surface area (Å²) in [6, 6.07) is 4.67. The minimum Gasteiger partial charge on any atom is -0.398 e. The zero-order valence-electron chi connectivity index (χ0n) is 7.99. The maximum Gasteiger partial charge on any atom is 0.180 e. The highest BCUT2D eigenvalue weighted by atomic mass is 79.9. The Morgan fingerprint density at radius 3 is 2.36 bits per heavy atom. The molecule has 0 aliphatic carbocycles. The van der Waals surface area contributed by atoms with Crippen molar-refractivity contribution >= 4 is 31.5 Å². The third-order valence-electron chi connectivity index (χ3n) is 1.92. The molecular weight excluding hydrogens is 266 g/mol. The van der Waals surface area contributed by atoms with Crippen molar-refractivity contribution in [1.82, 2.24) is 0 Å². The summed E-state index contributed by atoms with van der Waals surface area (Å²) < 4.78 is 24.2. The van der Waals surface area contributed by atoms with E-state index >= 15 is 0 Å². The third-order valence-corrected chi connectivity index (χ3v) is 4.79. The highest BCUT2D eigenvalue weighted by Crippen LogP contribution is 2.24. The number of halogens is 1. The van der Waals surface area contributed by atoms with Crippen molar-refractivity contribution in [2.24, 2.45) is 0 Å². The van der Waals surface area contributed by atoms with Crippen molar-refractivity contribution in [2.45, 2.75) is 24.0 Å². The average molecular weight is 278 g/mol. The lowest BCUT2D eigenvalue weighted by Gasteiger charge is -2.08. The molecule has 0 atom stereocenters. The van der Waals surface area contributed by atoms with Crippen LogP contribution in [0.5, 0.6) is 0 Å². The van der Waals surface area contributed by atoms with E-state index in [2.05, 4.69) is 15.9 Å². The maximum absolute atomic E-state index is 11.7. The minimum absolute atomic E-state index is 0.271. The predicted molar refractivity (Wildman–Crippen MR) is 60.9 cm³/mol. The van der Waals surface area contributed by atoms with Gasteiger partial charge in [0.1, 0.15) is 0 Å². The van der Waals surface area contributed by atoms with Crippen LogP contribution in [0.4, 0.5) is 5.69 Å². The fourth-order valence-corrected chi connectivity index (χ4v) is 2.31. The molecule has 14 heavy (non-hydrogen) atoms. The van der Waals surface area contributed by atoms with Gasteiger partial charge in [-0.3, -0.25) is 0 Å². The van der Waals surface area contributed by atoms with Gasteiger partial charge in [0.15, 0.2) is 9.84 Å². The molecule has 2 N–H and O–H groups in total. The van der Waals surface area contributed by atoms with Crippen LogP contribution < -0.4 is 5.73 Å². The number of rotatable bonds is 2. The molecule has 0 heterocycles. The molecule has 0 fully saturated rings. The summed E-state index contributed by atoms with van der Waals surface area (Å²) >= 11 is 3.21. The second-order valence-electron chi connectivity index (χ2n) is 3.28. The summed E-state index contributed by atoms with van der Waals surface area (Å²) in [6.07, 6.45) is 0. The van der Waals surface area contributed by atoms with Crippen LogP contribution in [0.25, 0.3) is 0 Å². The van der Waals surface area contributed by atoms with Crippen LogP contribution >= 0.6 is 15.9 Å². The van der Waals surface area contributed by atoms with Crippen LogP contribution in [0.1, 0.15) is 13.8 Å². The van der Waals surface area contributed by atoms with Gasteiger partial charge in [0.25, 0.3) is 0 Å². The highest BCUT2D eigenvalue weighted by Gasteiger charge is 2.19. The second-order valence-corrected chi connectivity index (χ2v) is 6.64. The van der Waals surface area contributed by atoms with E-state index in [4.69, 9.17) is 5.73 Å². The summed E-state index contributed by atoms with van der Waals surface area (Å²) in [6.45, 7) is 3.29. The highest BCUT2D eigenvalue weighted by molar-refractivity contribution is 9.10. The number of sulfone groups is 1. The molecule has 3 nitrogen and oxygen atoms in total. The number of benzene rings is 1. The van der Waals surface area contributed by atoms with Gasteiger partial charge in [-0.05, 0) is 48.0 Å². The Hall–Kier alpha value is -0.550. The molecule has 1 aromatic rings. The molecule has 0 aromatic heterocycles. The van der Waals surface area contributed by atoms with Crippen molar-refractivity contribution in [2.75, 3.05) is 5.73 Å². The third kappa shape index (κ3) is 2.09. The van der Waals surface area contributed by atoms with Crippen molar-refractivity contribution in [3.63, 3.8) is 0 Å². The van der Waals surface area contributed by atoms with Crippen molar-refractivity contribution in [3.05, 3.63) is 22.7 Å². The van der Waals surface area contributed by atoms with E-state index in [0.717, 1.165) is 0 Å². The van der Waals surface area contributed by atoms with E-state index in [1.807, 2.05) is 0 Å². The molecule has 0 aliphatic rings. The molecule has 0 radical (unpaired) electrons. The number of nitrogen functional groups attached to an aromatic ring is 1. The molecule has 0 aliphatic heterocycles. The average Bonchev–Trinajstić information content (AvgIpc) is 2.09. The molecular formula is C9H12BrNO2S. The Morgan fingerprint density at radius 1 is 1.36 bits per heavy atom. The van der Waals surface area contributed by atoms with Crippen LogP contribution in [-0.2, 0) is 9.84 Å². The minimum atomic E-state index is -3.22. The van der Waals surface area contributed by atoms with Gasteiger partial charge in [-0.15, -0.1) is 0 Å². The van der Waals surface area contributed by atoms with Gasteiger partial charge < -0.3 is 5.73 Å². The summed E-state index contributed by atoms with van der Waals surface area (Å²) in [5, 5.41) is -0.428. The number of hydrogen-bond donors (Lipinski definition) is 1. The Bertz CT molecular complexity index is 440. The fourth-order valence-electron chi connectivity index (χ4n) is 0.971. The molecule has 0 unspecified atom stereocenters. The lowest BCUT2D eigenvalue weighted by molar-refractivity contribution is 0.587. The summed E-state index contributed by atoms with van der Waals surface area (Å²) in [4.78, 5) is 0.271. The maximum atomic E-state index is 11.7. The van der Waals surface area contributed by atoms with Gasteiger partial charge in [0.05, 0.1) is 10.1 Å². The van der Waals surface area contributed by atoms with Crippen molar-refractivity contribution < 1.29 is 8.42 Å². The lowest BCUT2D eigenvalue weighted by atomic mass is 10.3. The van der Waals surface area contributed by atoms with E-state index in [0.29, 0.717) is 10.2 Å². The Labute approximate surface area is 92.4 Å². The van der Waals surface area contributed by atoms with Crippen LogP contribution in [0.3, 0.4) is 0 Å². The number of anilines is 1. The Balaban J connectivity index is 3.29. The zero-order valence-corrected chi connectivity index (χ0v) is 10.4. The quantitative estimate of drug-likeness (QED) is 0.844. The standard InChI is InChI=1S/C9H12BrNO2S/c1-6(2)14(12,13)7-3-4-8(10)9(11)5-7/h3-6H,11H2,1-2H3. The smallest absolute Gasteiger partial charge is 0.180 e. The fraction of sp³-hybridized carbons (Fsp3) is 0.333. The first-order chi connectivity index (χ1) is 6.35. The normalized spacial score (nSPS) is 12.0. The SMILES string of the molecule is CC(C)S(=O)(=O)c1ccc(Br)c(N)c1. The van der Waals surface area contributed by atoms with Gasteiger partial charge in [0, 0.05) is 10.2 Å². The first-order valence-electron chi connectivity index (χ1n) is 4.14. The Morgan fingerprint density at radius 2 is 1.93 bits per heavy atom. The molecule has 0 saturated carbocycles. The van der Waals surface area contributed by atoms with Crippen LogP contribution in [0, 0.1) is 0 Å². The van der Waals surface area contributed by atoms with E-state index in [1.165, 1.54) is 6.07 Å². The largest absolute Gasteiger partial charge is 0.398 e.